The first-order valence-electron chi connectivity index (χ1n) is 9.34. The summed E-state index contributed by atoms with van der Waals surface area (Å²) in [7, 11) is -2.63. The van der Waals surface area contributed by atoms with Crippen molar-refractivity contribution in [3.8, 4) is 11.3 Å². The lowest BCUT2D eigenvalue weighted by atomic mass is 9.98. The van der Waals surface area contributed by atoms with E-state index in [1.807, 2.05) is 19.9 Å². The highest BCUT2D eigenvalue weighted by Crippen LogP contribution is 2.28. The lowest BCUT2D eigenvalue weighted by Gasteiger charge is -2.18. The van der Waals surface area contributed by atoms with Crippen LogP contribution in [0.15, 0.2) is 59.6 Å². The molecule has 0 aliphatic heterocycles. The van der Waals surface area contributed by atoms with E-state index in [2.05, 4.69) is 24.0 Å². The first-order chi connectivity index (χ1) is 14.1. The summed E-state index contributed by atoms with van der Waals surface area (Å²) in [5.41, 5.74) is 5.55. The molecule has 30 heavy (non-hydrogen) atoms. The Balaban J connectivity index is 1.92. The van der Waals surface area contributed by atoms with Crippen molar-refractivity contribution in [1.82, 2.24) is 9.29 Å². The fourth-order valence-electron chi connectivity index (χ4n) is 3.25. The van der Waals surface area contributed by atoms with Crippen LogP contribution >= 0.6 is 0 Å². The summed E-state index contributed by atoms with van der Waals surface area (Å²) in [6.45, 7) is 6.22. The predicted molar refractivity (Wildman–Crippen MR) is 116 cm³/mol. The van der Waals surface area contributed by atoms with Gasteiger partial charge in [-0.1, -0.05) is 12.1 Å². The molecule has 0 N–H and O–H groups in total. The molecule has 8 heteroatoms. The maximum absolute atomic E-state index is 12.9. The minimum absolute atomic E-state index is 0.0632. The van der Waals surface area contributed by atoms with Gasteiger partial charge in [0, 0.05) is 31.4 Å². The normalized spacial score (nSPS) is 11.6. The van der Waals surface area contributed by atoms with Gasteiger partial charge in [0.25, 0.3) is 5.69 Å². The van der Waals surface area contributed by atoms with E-state index in [9.17, 15) is 18.5 Å². The molecule has 0 atom stereocenters. The number of aromatic nitrogens is 1. The van der Waals surface area contributed by atoms with Crippen LogP contribution in [0, 0.1) is 30.9 Å². The van der Waals surface area contributed by atoms with Crippen LogP contribution in [-0.4, -0.2) is 29.7 Å². The first-order valence-corrected chi connectivity index (χ1v) is 10.8. The monoisotopic (exact) mass is 425 g/mol. The lowest BCUT2D eigenvalue weighted by molar-refractivity contribution is -0.387. The average Bonchev–Trinajstić information content (AvgIpc) is 2.71. The molecule has 0 spiro atoms. The molecule has 3 aromatic rings. The maximum atomic E-state index is 12.9. The van der Waals surface area contributed by atoms with Gasteiger partial charge in [0.15, 0.2) is 4.90 Å². The molecule has 0 saturated heterocycles. The third-order valence-electron chi connectivity index (χ3n) is 5.20. The Morgan fingerprint density at radius 3 is 2.30 bits per heavy atom. The van der Waals surface area contributed by atoms with Gasteiger partial charge in [0.05, 0.1) is 10.6 Å². The van der Waals surface area contributed by atoms with Crippen molar-refractivity contribution < 1.29 is 13.3 Å². The Bertz CT molecular complexity index is 1200. The molecular weight excluding hydrogens is 402 g/mol. The van der Waals surface area contributed by atoms with Crippen molar-refractivity contribution in [3.63, 3.8) is 0 Å². The number of pyridine rings is 1. The van der Waals surface area contributed by atoms with Crippen LogP contribution in [0.5, 0.6) is 0 Å². The molecule has 0 saturated carbocycles. The van der Waals surface area contributed by atoms with Crippen molar-refractivity contribution >= 4 is 15.7 Å². The van der Waals surface area contributed by atoms with Crippen LogP contribution in [0.3, 0.4) is 0 Å². The summed E-state index contributed by atoms with van der Waals surface area (Å²) in [6, 6.07) is 13.0. The van der Waals surface area contributed by atoms with Gasteiger partial charge in [-0.2, -0.15) is 4.31 Å². The predicted octanol–water partition coefficient (Wildman–Crippen LogP) is 4.40. The summed E-state index contributed by atoms with van der Waals surface area (Å²) < 4.78 is 27.0. The van der Waals surface area contributed by atoms with Crippen molar-refractivity contribution in [1.29, 1.82) is 0 Å². The zero-order valence-electron chi connectivity index (χ0n) is 17.3. The van der Waals surface area contributed by atoms with Crippen LogP contribution in [0.25, 0.3) is 11.3 Å². The average molecular weight is 426 g/mol. The number of sulfonamides is 1. The number of rotatable bonds is 6. The largest absolute Gasteiger partial charge is 0.289 e. The molecule has 1 aromatic heterocycles. The van der Waals surface area contributed by atoms with Crippen molar-refractivity contribution in [2.75, 3.05) is 7.05 Å². The second-order valence-electron chi connectivity index (χ2n) is 7.27. The van der Waals surface area contributed by atoms with Gasteiger partial charge in [-0.25, -0.2) is 8.42 Å². The minimum Gasteiger partial charge on any atom is -0.258 e. The molecule has 0 bridgehead atoms. The third-order valence-corrected chi connectivity index (χ3v) is 7.05. The van der Waals surface area contributed by atoms with Gasteiger partial charge < -0.3 is 0 Å². The molecule has 1 heterocycles. The Morgan fingerprint density at radius 1 is 1.03 bits per heavy atom. The quantitative estimate of drug-likeness (QED) is 0.431. The topological polar surface area (TPSA) is 93.4 Å². The highest BCUT2D eigenvalue weighted by molar-refractivity contribution is 7.89. The smallest absolute Gasteiger partial charge is 0.258 e. The van der Waals surface area contributed by atoms with Gasteiger partial charge in [-0.05, 0) is 73.4 Å². The Hall–Kier alpha value is -3.10. The number of nitrogens with zero attached hydrogens (tertiary/aromatic N) is 3. The molecule has 0 amide bonds. The van der Waals surface area contributed by atoms with Crippen molar-refractivity contribution in [2.24, 2.45) is 0 Å². The van der Waals surface area contributed by atoms with E-state index >= 15 is 0 Å². The SMILES string of the molecule is Cc1cc(-c2cc(CN(C)S(=O)(=O)c3ccccc3[N+](=O)[O-])ccn2)cc(C)c1C. The highest BCUT2D eigenvalue weighted by atomic mass is 32.2. The molecule has 0 fully saturated rings. The first kappa shape index (κ1) is 21.6. The number of aryl methyl sites for hydroxylation is 2. The van der Waals surface area contributed by atoms with Crippen LogP contribution in [0.2, 0.25) is 0 Å². The zero-order valence-corrected chi connectivity index (χ0v) is 18.1. The van der Waals surface area contributed by atoms with Gasteiger partial charge >= 0.3 is 0 Å². The summed E-state index contributed by atoms with van der Waals surface area (Å²) in [5.74, 6) is 0. The molecule has 2 aromatic carbocycles. The van der Waals surface area contributed by atoms with E-state index in [0.29, 0.717) is 0 Å². The number of para-hydroxylation sites is 1. The second-order valence-corrected chi connectivity index (χ2v) is 9.28. The van der Waals surface area contributed by atoms with Crippen molar-refractivity contribution in [2.45, 2.75) is 32.2 Å². The van der Waals surface area contributed by atoms with E-state index in [-0.39, 0.29) is 11.4 Å². The molecule has 3 rings (SSSR count). The van der Waals surface area contributed by atoms with E-state index in [4.69, 9.17) is 0 Å². The van der Waals surface area contributed by atoms with Crippen LogP contribution < -0.4 is 0 Å². The number of hydrogen-bond acceptors (Lipinski definition) is 5. The van der Waals surface area contributed by atoms with Crippen LogP contribution in [0.4, 0.5) is 5.69 Å². The number of nitro groups is 1. The second kappa shape index (κ2) is 8.33. The molecule has 156 valence electrons. The van der Waals surface area contributed by atoms with Crippen LogP contribution in [0.1, 0.15) is 22.3 Å². The third kappa shape index (κ3) is 4.24. The molecule has 0 unspecified atom stereocenters. The van der Waals surface area contributed by atoms with E-state index in [1.165, 1.54) is 36.9 Å². The fraction of sp³-hybridized carbons (Fsp3) is 0.227. The highest BCUT2D eigenvalue weighted by Gasteiger charge is 2.29. The molecule has 0 aliphatic rings. The van der Waals surface area contributed by atoms with E-state index in [0.717, 1.165) is 32.3 Å². The Labute approximate surface area is 176 Å². The van der Waals surface area contributed by atoms with Gasteiger partial charge in [-0.3, -0.25) is 15.1 Å². The molecule has 7 nitrogen and oxygen atoms in total. The standard InChI is InChI=1S/C22H23N3O4S/c1-15-11-19(12-16(2)17(15)3)20-13-18(9-10-23-20)14-24(4)30(28,29)22-8-6-5-7-21(22)25(26)27/h5-13H,14H2,1-4H3. The number of benzene rings is 2. The summed E-state index contributed by atoms with van der Waals surface area (Å²) in [4.78, 5) is 14.7. The zero-order chi connectivity index (χ0) is 22.1. The van der Waals surface area contributed by atoms with Gasteiger partial charge in [0.2, 0.25) is 10.0 Å². The summed E-state index contributed by atoms with van der Waals surface area (Å²) >= 11 is 0. The van der Waals surface area contributed by atoms with Crippen LogP contribution in [-0.2, 0) is 16.6 Å². The Morgan fingerprint density at radius 2 is 1.67 bits per heavy atom. The van der Waals surface area contributed by atoms with Crippen molar-refractivity contribution in [3.05, 3.63) is 87.1 Å². The van der Waals surface area contributed by atoms with Gasteiger partial charge in [0.1, 0.15) is 0 Å². The lowest BCUT2D eigenvalue weighted by Crippen LogP contribution is -2.27. The van der Waals surface area contributed by atoms with E-state index < -0.39 is 20.6 Å². The number of hydrogen-bond donors (Lipinski definition) is 0. The number of nitro benzene ring substituents is 1. The molecular formula is C22H23N3O4S. The Kier molecular flexibility index (Phi) is 6.00. The summed E-state index contributed by atoms with van der Waals surface area (Å²) in [6.07, 6.45) is 1.64. The van der Waals surface area contributed by atoms with Gasteiger partial charge in [-0.15, -0.1) is 0 Å². The van der Waals surface area contributed by atoms with E-state index in [1.54, 1.807) is 12.3 Å². The fourth-order valence-corrected chi connectivity index (χ4v) is 4.56. The summed E-state index contributed by atoms with van der Waals surface area (Å²) in [5, 5.41) is 11.2. The molecule has 0 radical (unpaired) electrons. The minimum atomic E-state index is -4.04. The molecule has 0 aliphatic carbocycles. The maximum Gasteiger partial charge on any atom is 0.289 e.